The van der Waals surface area contributed by atoms with Crippen molar-refractivity contribution >= 4 is 21.6 Å². The van der Waals surface area contributed by atoms with E-state index in [4.69, 9.17) is 4.74 Å². The number of halogens is 1. The normalized spacial score (nSPS) is 12.5. The van der Waals surface area contributed by atoms with E-state index in [0.29, 0.717) is 16.0 Å². The fourth-order valence-corrected chi connectivity index (χ4v) is 2.75. The number of aromatic nitrogens is 2. The van der Waals surface area contributed by atoms with E-state index in [2.05, 4.69) is 4.98 Å². The first kappa shape index (κ1) is 14.7. The van der Waals surface area contributed by atoms with E-state index in [1.807, 2.05) is 0 Å². The zero-order valence-electron chi connectivity index (χ0n) is 11.5. The first-order valence-electron chi connectivity index (χ1n) is 6.62. The van der Waals surface area contributed by atoms with Crippen molar-refractivity contribution < 1.29 is 14.2 Å². The van der Waals surface area contributed by atoms with Crippen molar-refractivity contribution in [3.63, 3.8) is 0 Å². The highest BCUT2D eigenvalue weighted by atomic mass is 32.1. The molecule has 1 N–H and O–H groups in total. The SMILES string of the molecule is O=c1c2ccsc2ncn1C[C@H](O)COc1ccc(F)cc1. The second kappa shape index (κ2) is 6.25. The molecule has 0 bridgehead atoms. The number of ether oxygens (including phenoxy) is 1. The first-order chi connectivity index (χ1) is 10.6. The van der Waals surface area contributed by atoms with Crippen molar-refractivity contribution in [1.82, 2.24) is 9.55 Å². The third-order valence-corrected chi connectivity index (χ3v) is 3.93. The highest BCUT2D eigenvalue weighted by Crippen LogP contribution is 2.14. The molecular weight excluding hydrogens is 307 g/mol. The zero-order chi connectivity index (χ0) is 15.5. The molecule has 0 aliphatic rings. The topological polar surface area (TPSA) is 64.4 Å². The van der Waals surface area contributed by atoms with Crippen LogP contribution in [0.2, 0.25) is 0 Å². The third kappa shape index (κ3) is 3.15. The van der Waals surface area contributed by atoms with Crippen LogP contribution in [-0.4, -0.2) is 27.4 Å². The van der Waals surface area contributed by atoms with Crippen LogP contribution in [0.3, 0.4) is 0 Å². The standard InChI is InChI=1S/C15H13FN2O3S/c16-10-1-3-12(4-2-10)21-8-11(19)7-18-9-17-14-13(15(18)20)5-6-22-14/h1-6,9,11,19H,7-8H2/t11-/m0/s1. The summed E-state index contributed by atoms with van der Waals surface area (Å²) < 4.78 is 19.5. The van der Waals surface area contributed by atoms with Crippen LogP contribution in [-0.2, 0) is 6.54 Å². The average Bonchev–Trinajstić information content (AvgIpc) is 2.99. The number of hydrogen-bond acceptors (Lipinski definition) is 5. The van der Waals surface area contributed by atoms with Gasteiger partial charge in [0.25, 0.3) is 5.56 Å². The van der Waals surface area contributed by atoms with Crippen LogP contribution in [0.5, 0.6) is 5.75 Å². The van der Waals surface area contributed by atoms with E-state index in [1.54, 1.807) is 11.4 Å². The Balaban J connectivity index is 1.65. The monoisotopic (exact) mass is 320 g/mol. The average molecular weight is 320 g/mol. The number of thiophene rings is 1. The van der Waals surface area contributed by atoms with Gasteiger partial charge in [0.05, 0.1) is 18.3 Å². The van der Waals surface area contributed by atoms with Crippen LogP contribution in [0.15, 0.2) is 46.8 Å². The number of benzene rings is 1. The van der Waals surface area contributed by atoms with Gasteiger partial charge in [0, 0.05) is 0 Å². The minimum absolute atomic E-state index is 0.000252. The lowest BCUT2D eigenvalue weighted by molar-refractivity contribution is 0.0914. The van der Waals surface area contributed by atoms with E-state index < -0.39 is 6.10 Å². The second-order valence-electron chi connectivity index (χ2n) is 4.76. The van der Waals surface area contributed by atoms with Gasteiger partial charge < -0.3 is 9.84 Å². The number of rotatable bonds is 5. The van der Waals surface area contributed by atoms with E-state index in [-0.39, 0.29) is 24.5 Å². The molecule has 0 amide bonds. The van der Waals surface area contributed by atoms with E-state index in [9.17, 15) is 14.3 Å². The van der Waals surface area contributed by atoms with Gasteiger partial charge in [-0.3, -0.25) is 9.36 Å². The molecule has 0 saturated heterocycles. The molecule has 0 aliphatic carbocycles. The lowest BCUT2D eigenvalue weighted by atomic mass is 10.3. The van der Waals surface area contributed by atoms with Crippen molar-refractivity contribution in [1.29, 1.82) is 0 Å². The van der Waals surface area contributed by atoms with Crippen LogP contribution >= 0.6 is 11.3 Å². The predicted molar refractivity (Wildman–Crippen MR) is 81.8 cm³/mol. The van der Waals surface area contributed by atoms with Gasteiger partial charge in [-0.15, -0.1) is 11.3 Å². The summed E-state index contributed by atoms with van der Waals surface area (Å²) in [4.78, 5) is 17.0. The Morgan fingerprint density at radius 3 is 2.86 bits per heavy atom. The molecule has 2 aromatic heterocycles. The minimum atomic E-state index is -0.874. The van der Waals surface area contributed by atoms with Crippen molar-refractivity contribution in [2.45, 2.75) is 12.6 Å². The molecule has 5 nitrogen and oxygen atoms in total. The van der Waals surface area contributed by atoms with E-state index in [0.717, 1.165) is 0 Å². The van der Waals surface area contributed by atoms with Gasteiger partial charge in [0.15, 0.2) is 0 Å². The quantitative estimate of drug-likeness (QED) is 0.781. The Hall–Kier alpha value is -2.25. The zero-order valence-corrected chi connectivity index (χ0v) is 12.3. The van der Waals surface area contributed by atoms with Crippen LogP contribution in [0, 0.1) is 5.82 Å². The summed E-state index contributed by atoms with van der Waals surface area (Å²) in [5, 5.41) is 12.3. The maximum Gasteiger partial charge on any atom is 0.262 e. The Morgan fingerprint density at radius 1 is 1.32 bits per heavy atom. The summed E-state index contributed by atoms with van der Waals surface area (Å²) in [6.45, 7) is 0.0819. The smallest absolute Gasteiger partial charge is 0.262 e. The van der Waals surface area contributed by atoms with Crippen molar-refractivity contribution in [2.24, 2.45) is 0 Å². The van der Waals surface area contributed by atoms with Gasteiger partial charge in [0.1, 0.15) is 29.1 Å². The predicted octanol–water partition coefficient (Wildman–Crippen LogP) is 2.04. The number of aliphatic hydroxyl groups is 1. The Morgan fingerprint density at radius 2 is 2.09 bits per heavy atom. The van der Waals surface area contributed by atoms with Crippen molar-refractivity contribution in [3.05, 3.63) is 58.2 Å². The summed E-state index contributed by atoms with van der Waals surface area (Å²) in [5.41, 5.74) is -0.188. The molecule has 3 rings (SSSR count). The molecule has 0 fully saturated rings. The Bertz CT molecular complexity index is 829. The fraction of sp³-hybridized carbons (Fsp3) is 0.200. The number of nitrogens with zero attached hydrogens (tertiary/aromatic N) is 2. The first-order valence-corrected chi connectivity index (χ1v) is 7.50. The van der Waals surface area contributed by atoms with Gasteiger partial charge in [0.2, 0.25) is 0 Å². The molecule has 0 saturated carbocycles. The summed E-state index contributed by atoms with van der Waals surface area (Å²) >= 11 is 1.40. The van der Waals surface area contributed by atoms with E-state index >= 15 is 0 Å². The summed E-state index contributed by atoms with van der Waals surface area (Å²) in [6, 6.07) is 7.23. The van der Waals surface area contributed by atoms with Crippen LogP contribution in [0.25, 0.3) is 10.2 Å². The van der Waals surface area contributed by atoms with Crippen molar-refractivity contribution in [2.75, 3.05) is 6.61 Å². The lowest BCUT2D eigenvalue weighted by Crippen LogP contribution is -2.30. The molecule has 2 heterocycles. The summed E-state index contributed by atoms with van der Waals surface area (Å²) in [7, 11) is 0. The summed E-state index contributed by atoms with van der Waals surface area (Å²) in [5.74, 6) is 0.105. The number of fused-ring (bicyclic) bond motifs is 1. The number of aliphatic hydroxyl groups excluding tert-OH is 1. The minimum Gasteiger partial charge on any atom is -0.491 e. The molecule has 3 aromatic rings. The molecule has 1 atom stereocenters. The van der Waals surface area contributed by atoms with Crippen LogP contribution < -0.4 is 10.3 Å². The van der Waals surface area contributed by atoms with Crippen molar-refractivity contribution in [3.8, 4) is 5.75 Å². The van der Waals surface area contributed by atoms with Gasteiger partial charge in [-0.2, -0.15) is 0 Å². The Labute approximate surface area is 129 Å². The molecule has 0 radical (unpaired) electrons. The molecule has 0 unspecified atom stereocenters. The largest absolute Gasteiger partial charge is 0.491 e. The molecule has 22 heavy (non-hydrogen) atoms. The molecular formula is C15H13FN2O3S. The highest BCUT2D eigenvalue weighted by molar-refractivity contribution is 7.16. The number of hydrogen-bond donors (Lipinski definition) is 1. The molecule has 0 spiro atoms. The highest BCUT2D eigenvalue weighted by Gasteiger charge is 2.10. The lowest BCUT2D eigenvalue weighted by Gasteiger charge is -2.13. The third-order valence-electron chi connectivity index (χ3n) is 3.11. The fourth-order valence-electron chi connectivity index (χ4n) is 2.03. The second-order valence-corrected chi connectivity index (χ2v) is 5.65. The van der Waals surface area contributed by atoms with E-state index in [1.165, 1.54) is 46.5 Å². The summed E-state index contributed by atoms with van der Waals surface area (Å²) in [6.07, 6.45) is 0.545. The van der Waals surface area contributed by atoms with Gasteiger partial charge >= 0.3 is 0 Å². The maximum atomic E-state index is 12.8. The van der Waals surface area contributed by atoms with Crippen LogP contribution in [0.4, 0.5) is 4.39 Å². The van der Waals surface area contributed by atoms with Gasteiger partial charge in [-0.05, 0) is 35.7 Å². The molecule has 1 aromatic carbocycles. The maximum absolute atomic E-state index is 12.8. The van der Waals surface area contributed by atoms with Gasteiger partial charge in [-0.25, -0.2) is 9.37 Å². The van der Waals surface area contributed by atoms with Gasteiger partial charge in [-0.1, -0.05) is 0 Å². The molecule has 7 heteroatoms. The van der Waals surface area contributed by atoms with Crippen LogP contribution in [0.1, 0.15) is 0 Å². The Kier molecular flexibility index (Phi) is 4.17. The molecule has 114 valence electrons. The molecule has 0 aliphatic heterocycles.